The van der Waals surface area contributed by atoms with E-state index in [2.05, 4.69) is 5.32 Å². The van der Waals surface area contributed by atoms with E-state index in [0.717, 1.165) is 17.5 Å². The van der Waals surface area contributed by atoms with E-state index in [1.54, 1.807) is 18.2 Å². The predicted octanol–water partition coefficient (Wildman–Crippen LogP) is 6.70. The van der Waals surface area contributed by atoms with Crippen LogP contribution in [0.25, 0.3) is 0 Å². The molecule has 0 radical (unpaired) electrons. The summed E-state index contributed by atoms with van der Waals surface area (Å²) in [7, 11) is 2.57. The summed E-state index contributed by atoms with van der Waals surface area (Å²) in [6.45, 7) is 0.864. The van der Waals surface area contributed by atoms with E-state index in [1.807, 2.05) is 0 Å². The van der Waals surface area contributed by atoms with Crippen LogP contribution in [0.1, 0.15) is 22.6 Å². The minimum Gasteiger partial charge on any atom is -0.322 e. The number of likely N-dealkylation sites (N-methyl/N-ethyl adjacent to an activating group) is 1. The molecule has 0 aromatic heterocycles. The van der Waals surface area contributed by atoms with E-state index in [4.69, 9.17) is 23.2 Å². The molecule has 1 N–H and O–H groups in total. The first kappa shape index (κ1) is 28.4. The molecule has 1 aliphatic heterocycles. The van der Waals surface area contributed by atoms with Gasteiger partial charge in [-0.25, -0.2) is 4.79 Å². The highest BCUT2D eigenvalue weighted by Gasteiger charge is 2.39. The number of hydrogen-bond acceptors (Lipinski definition) is 2. The van der Waals surface area contributed by atoms with E-state index < -0.39 is 41.2 Å². The van der Waals surface area contributed by atoms with Crippen molar-refractivity contribution in [3.05, 3.63) is 63.1 Å². The van der Waals surface area contributed by atoms with Gasteiger partial charge in [-0.2, -0.15) is 26.3 Å². The number of urea groups is 1. The minimum absolute atomic E-state index is 0. The van der Waals surface area contributed by atoms with Gasteiger partial charge in [0.1, 0.15) is 0 Å². The van der Waals surface area contributed by atoms with E-state index in [0.29, 0.717) is 35.3 Å². The highest BCUT2D eigenvalue weighted by Crippen LogP contribution is 2.39. The number of halogens is 9. The van der Waals surface area contributed by atoms with E-state index in [1.165, 1.54) is 11.9 Å². The number of anilines is 1. The number of amides is 2. The number of carbonyl (C=O) groups is 1. The van der Waals surface area contributed by atoms with Gasteiger partial charge in [0.2, 0.25) is 0 Å². The molecule has 13 heteroatoms. The Morgan fingerprint density at radius 2 is 1.47 bits per heavy atom. The lowest BCUT2D eigenvalue weighted by Crippen LogP contribution is -2.47. The van der Waals surface area contributed by atoms with Gasteiger partial charge in [0.25, 0.3) is 0 Å². The summed E-state index contributed by atoms with van der Waals surface area (Å²) >= 11 is 12.0. The molecule has 0 spiro atoms. The van der Waals surface area contributed by atoms with Crippen molar-refractivity contribution in [3.8, 4) is 0 Å². The van der Waals surface area contributed by atoms with Gasteiger partial charge < -0.3 is 10.2 Å². The van der Waals surface area contributed by atoms with Gasteiger partial charge in [0.05, 0.1) is 27.2 Å². The lowest BCUT2D eigenvalue weighted by atomic mass is 9.93. The summed E-state index contributed by atoms with van der Waals surface area (Å²) in [5, 5.41) is 3.83. The lowest BCUT2D eigenvalue weighted by Gasteiger charge is -2.33. The van der Waals surface area contributed by atoms with Crippen LogP contribution in [0.4, 0.5) is 36.8 Å². The molecule has 3 rings (SSSR count). The fourth-order valence-electron chi connectivity index (χ4n) is 3.78. The Balaban J connectivity index is 0.00000408. The average Bonchev–Trinajstić information content (AvgIpc) is 3.22. The van der Waals surface area contributed by atoms with Crippen LogP contribution in [-0.2, 0) is 12.4 Å². The summed E-state index contributed by atoms with van der Waals surface area (Å²) in [6.07, 6.45) is -10.0. The fraction of sp³-hybridized carbons (Fsp3) is 0.381. The molecular formula is C21H20Cl3F6N3O. The maximum absolute atomic E-state index is 13.2. The third-order valence-electron chi connectivity index (χ3n) is 5.60. The number of rotatable bonds is 3. The molecule has 1 fully saturated rings. The van der Waals surface area contributed by atoms with Crippen molar-refractivity contribution in [2.45, 2.75) is 24.3 Å². The van der Waals surface area contributed by atoms with Gasteiger partial charge in [-0.1, -0.05) is 29.3 Å². The second kappa shape index (κ2) is 10.4. The molecule has 0 bridgehead atoms. The zero-order valence-corrected chi connectivity index (χ0v) is 20.1. The standard InChI is InChI=1S/C21H19Cl2F6N3O.ClH/c1-31(14-7-12(20(24,25)26)6-13(8-14)21(27,28)29)19(33)32(2)18-10-30-9-15(18)11-3-4-16(22)17(23)5-11;/h3-8,15,18,30H,9-10H2,1-2H3;1H/t15-,18+;/m1./s1. The Kier molecular flexibility index (Phi) is 8.67. The Labute approximate surface area is 208 Å². The molecule has 0 unspecified atom stereocenters. The molecule has 0 saturated carbocycles. The van der Waals surface area contributed by atoms with Crippen molar-refractivity contribution in [2.75, 3.05) is 32.1 Å². The van der Waals surface area contributed by atoms with Crippen LogP contribution in [-0.4, -0.2) is 44.2 Å². The molecule has 1 heterocycles. The molecule has 1 saturated heterocycles. The van der Waals surface area contributed by atoms with E-state index in [9.17, 15) is 31.1 Å². The first-order valence-corrected chi connectivity index (χ1v) is 10.4. The minimum atomic E-state index is -5.01. The molecule has 188 valence electrons. The summed E-state index contributed by atoms with van der Waals surface area (Å²) in [4.78, 5) is 15.1. The second-order valence-corrected chi connectivity index (χ2v) is 8.54. The van der Waals surface area contributed by atoms with Gasteiger partial charge in [-0.15, -0.1) is 12.4 Å². The van der Waals surface area contributed by atoms with Crippen molar-refractivity contribution in [1.82, 2.24) is 10.2 Å². The Hall–Kier alpha value is -1.88. The molecule has 4 nitrogen and oxygen atoms in total. The third-order valence-corrected chi connectivity index (χ3v) is 6.34. The predicted molar refractivity (Wildman–Crippen MR) is 121 cm³/mol. The SMILES string of the molecule is CN(C(=O)N(C)[C@H]1CNC[C@@H]1c1ccc(Cl)c(Cl)c1)c1cc(C(F)(F)F)cc(C(F)(F)F)c1.Cl. The Morgan fingerprint density at radius 1 is 0.912 bits per heavy atom. The molecular weight excluding hydrogens is 531 g/mol. The second-order valence-electron chi connectivity index (χ2n) is 7.72. The van der Waals surface area contributed by atoms with Gasteiger partial charge in [-0.05, 0) is 35.9 Å². The van der Waals surface area contributed by atoms with Crippen LogP contribution in [0.3, 0.4) is 0 Å². The third kappa shape index (κ3) is 6.02. The van der Waals surface area contributed by atoms with Crippen LogP contribution in [0.2, 0.25) is 10.0 Å². The number of carbonyl (C=O) groups excluding carboxylic acids is 1. The number of nitrogens with one attached hydrogen (secondary N) is 1. The summed E-state index contributed by atoms with van der Waals surface area (Å²) in [5.74, 6) is -0.214. The van der Waals surface area contributed by atoms with Crippen LogP contribution in [0.15, 0.2) is 36.4 Å². The number of nitrogens with zero attached hydrogens (tertiary/aromatic N) is 2. The summed E-state index contributed by atoms with van der Waals surface area (Å²) in [5.41, 5.74) is -2.72. The molecule has 1 aliphatic rings. The fourth-order valence-corrected chi connectivity index (χ4v) is 4.08. The monoisotopic (exact) mass is 549 g/mol. The van der Waals surface area contributed by atoms with Crippen molar-refractivity contribution in [2.24, 2.45) is 0 Å². The van der Waals surface area contributed by atoms with Crippen LogP contribution >= 0.6 is 35.6 Å². The lowest BCUT2D eigenvalue weighted by molar-refractivity contribution is -0.143. The quantitative estimate of drug-likeness (QED) is 0.432. The largest absolute Gasteiger partial charge is 0.416 e. The molecule has 34 heavy (non-hydrogen) atoms. The zero-order valence-electron chi connectivity index (χ0n) is 17.8. The van der Waals surface area contributed by atoms with Gasteiger partial charge in [0.15, 0.2) is 0 Å². The number of alkyl halides is 6. The normalized spacial score (nSPS) is 18.4. The van der Waals surface area contributed by atoms with Crippen LogP contribution < -0.4 is 10.2 Å². The first-order valence-electron chi connectivity index (χ1n) is 9.66. The van der Waals surface area contributed by atoms with Crippen molar-refractivity contribution in [3.63, 3.8) is 0 Å². The summed E-state index contributed by atoms with van der Waals surface area (Å²) < 4.78 is 79.2. The highest BCUT2D eigenvalue weighted by molar-refractivity contribution is 6.42. The first-order chi connectivity index (χ1) is 15.2. The van der Waals surface area contributed by atoms with Crippen molar-refractivity contribution in [1.29, 1.82) is 0 Å². The molecule has 0 aliphatic carbocycles. The topological polar surface area (TPSA) is 35.6 Å². The van der Waals surface area contributed by atoms with Crippen LogP contribution in [0.5, 0.6) is 0 Å². The Morgan fingerprint density at radius 3 is 1.97 bits per heavy atom. The van der Waals surface area contributed by atoms with Crippen LogP contribution in [0, 0.1) is 0 Å². The van der Waals surface area contributed by atoms with E-state index in [-0.39, 0.29) is 24.4 Å². The maximum Gasteiger partial charge on any atom is 0.416 e. The average molecular weight is 551 g/mol. The van der Waals surface area contributed by atoms with Crippen molar-refractivity contribution < 1.29 is 31.1 Å². The number of benzene rings is 2. The smallest absolute Gasteiger partial charge is 0.322 e. The molecule has 2 aromatic rings. The van der Waals surface area contributed by atoms with Gasteiger partial charge >= 0.3 is 18.4 Å². The molecule has 2 amide bonds. The zero-order chi connectivity index (χ0) is 24.7. The van der Waals surface area contributed by atoms with Gasteiger partial charge in [0, 0.05) is 38.8 Å². The van der Waals surface area contributed by atoms with E-state index >= 15 is 0 Å². The summed E-state index contributed by atoms with van der Waals surface area (Å²) in [6, 6.07) is 4.90. The maximum atomic E-state index is 13.2. The van der Waals surface area contributed by atoms with Gasteiger partial charge in [-0.3, -0.25) is 4.90 Å². The number of hydrogen-bond donors (Lipinski definition) is 1. The van der Waals surface area contributed by atoms with Crippen molar-refractivity contribution >= 4 is 47.3 Å². The molecule has 2 aromatic carbocycles. The Bertz CT molecular complexity index is 1020. The highest BCUT2D eigenvalue weighted by atomic mass is 35.5. The molecule has 2 atom stereocenters.